The number of hydrogen-bond donors (Lipinski definition) is 2. The second-order valence-corrected chi connectivity index (χ2v) is 7.62. The molecule has 0 radical (unpaired) electrons. The number of anilines is 1. The number of halogens is 1. The van der Waals surface area contributed by atoms with Gasteiger partial charge >= 0.3 is 0 Å². The van der Waals surface area contributed by atoms with Crippen molar-refractivity contribution in [2.24, 2.45) is 0 Å². The van der Waals surface area contributed by atoms with Crippen LogP contribution < -0.4 is 15.4 Å². The maximum Gasteiger partial charge on any atom is 0.286 e. The predicted molar refractivity (Wildman–Crippen MR) is 112 cm³/mol. The average Bonchev–Trinajstić information content (AvgIpc) is 3.23. The Labute approximate surface area is 177 Å². The maximum atomic E-state index is 12.9. The fourth-order valence-electron chi connectivity index (χ4n) is 2.38. The Hall–Kier alpha value is -3.33. The van der Waals surface area contributed by atoms with Gasteiger partial charge in [-0.05, 0) is 61.9 Å². The van der Waals surface area contributed by atoms with Crippen LogP contribution in [-0.4, -0.2) is 28.1 Å². The van der Waals surface area contributed by atoms with Crippen LogP contribution in [0.3, 0.4) is 0 Å². The maximum absolute atomic E-state index is 12.9. The smallest absolute Gasteiger partial charge is 0.286 e. The molecule has 2 amide bonds. The number of aromatic nitrogens is 2. The lowest BCUT2D eigenvalue weighted by molar-refractivity contribution is 0.0938. The topological polar surface area (TPSA) is 93.2 Å². The number of ether oxygens (including phenoxy) is 1. The third-order valence-electron chi connectivity index (χ3n) is 4.23. The number of carbonyl (C=O) groups excluding carboxylic acids is 2. The molecule has 1 heterocycles. The molecule has 0 unspecified atom stereocenters. The van der Waals surface area contributed by atoms with Gasteiger partial charge in [-0.15, -0.1) is 10.2 Å². The highest BCUT2D eigenvalue weighted by molar-refractivity contribution is 7.13. The quantitative estimate of drug-likeness (QED) is 0.565. The van der Waals surface area contributed by atoms with Gasteiger partial charge in [-0.25, -0.2) is 4.39 Å². The van der Waals surface area contributed by atoms with Gasteiger partial charge in [0.05, 0.1) is 0 Å². The molecule has 1 aromatic heterocycles. The molecule has 9 heteroatoms. The van der Waals surface area contributed by atoms with Crippen molar-refractivity contribution in [3.05, 3.63) is 69.9 Å². The minimum absolute atomic E-state index is 0.0931. The highest BCUT2D eigenvalue weighted by Crippen LogP contribution is 2.17. The average molecular weight is 428 g/mol. The molecule has 0 bridgehead atoms. The molecule has 30 heavy (non-hydrogen) atoms. The lowest BCUT2D eigenvalue weighted by Crippen LogP contribution is -2.31. The largest absolute Gasteiger partial charge is 0.486 e. The van der Waals surface area contributed by atoms with Crippen molar-refractivity contribution in [1.29, 1.82) is 0 Å². The van der Waals surface area contributed by atoms with Crippen LogP contribution in [0.15, 0.2) is 48.5 Å². The van der Waals surface area contributed by atoms with Gasteiger partial charge in [0.15, 0.2) is 5.01 Å². The molecular formula is C21H21FN4O3S. The van der Waals surface area contributed by atoms with Crippen molar-refractivity contribution < 1.29 is 18.7 Å². The van der Waals surface area contributed by atoms with Gasteiger partial charge in [-0.3, -0.25) is 9.59 Å². The number of nitrogens with zero attached hydrogens (tertiary/aromatic N) is 2. The van der Waals surface area contributed by atoms with Gasteiger partial charge in [-0.2, -0.15) is 0 Å². The monoisotopic (exact) mass is 428 g/mol. The Morgan fingerprint density at radius 3 is 2.43 bits per heavy atom. The molecule has 0 saturated carbocycles. The second-order valence-electron chi connectivity index (χ2n) is 6.56. The highest BCUT2D eigenvalue weighted by Gasteiger charge is 2.14. The SMILES string of the molecule is CC[C@@H](C)NC(=O)c1ccc(NC(=O)c2nnc(COc3ccc(F)cc3)s2)cc1. The summed E-state index contributed by atoms with van der Waals surface area (Å²) in [5.41, 5.74) is 1.06. The number of benzene rings is 2. The summed E-state index contributed by atoms with van der Waals surface area (Å²) >= 11 is 1.10. The minimum atomic E-state index is -0.405. The Balaban J connectivity index is 1.54. The van der Waals surface area contributed by atoms with Gasteiger partial charge < -0.3 is 15.4 Å². The molecular weight excluding hydrogens is 407 g/mol. The van der Waals surface area contributed by atoms with Gasteiger partial charge in [0.1, 0.15) is 18.2 Å². The Morgan fingerprint density at radius 1 is 1.07 bits per heavy atom. The van der Waals surface area contributed by atoms with Gasteiger partial charge in [0.25, 0.3) is 11.8 Å². The van der Waals surface area contributed by atoms with Crippen molar-refractivity contribution in [3.8, 4) is 5.75 Å². The van der Waals surface area contributed by atoms with E-state index in [9.17, 15) is 14.0 Å². The van der Waals surface area contributed by atoms with Gasteiger partial charge in [0.2, 0.25) is 5.01 Å². The molecule has 0 aliphatic rings. The van der Waals surface area contributed by atoms with Crippen LogP contribution >= 0.6 is 11.3 Å². The van der Waals surface area contributed by atoms with E-state index < -0.39 is 5.91 Å². The molecule has 156 valence electrons. The lowest BCUT2D eigenvalue weighted by Gasteiger charge is -2.11. The van der Waals surface area contributed by atoms with E-state index in [4.69, 9.17) is 4.74 Å². The van der Waals surface area contributed by atoms with Gasteiger partial charge in [-0.1, -0.05) is 18.3 Å². The molecule has 0 aliphatic carbocycles. The number of hydrogen-bond acceptors (Lipinski definition) is 6. The standard InChI is InChI=1S/C21H21FN4O3S/c1-3-13(2)23-19(27)14-4-8-16(9-5-14)24-20(28)21-26-25-18(30-21)12-29-17-10-6-15(22)7-11-17/h4-11,13H,3,12H2,1-2H3,(H,23,27)(H,24,28)/t13-/m1/s1. The Bertz CT molecular complexity index is 1010. The van der Waals surface area contributed by atoms with E-state index in [1.807, 2.05) is 13.8 Å². The third-order valence-corrected chi connectivity index (χ3v) is 5.13. The molecule has 2 aromatic carbocycles. The van der Waals surface area contributed by atoms with E-state index in [-0.39, 0.29) is 29.4 Å². The van der Waals surface area contributed by atoms with Crippen LogP contribution in [0.1, 0.15) is 45.4 Å². The summed E-state index contributed by atoms with van der Waals surface area (Å²) in [6, 6.07) is 12.3. The Morgan fingerprint density at radius 2 is 1.77 bits per heavy atom. The van der Waals surface area contributed by atoms with Crippen molar-refractivity contribution >= 4 is 28.8 Å². The molecule has 0 saturated heterocycles. The van der Waals surface area contributed by atoms with Gasteiger partial charge in [0, 0.05) is 17.3 Å². The van der Waals surface area contributed by atoms with Crippen LogP contribution in [0.2, 0.25) is 0 Å². The molecule has 0 spiro atoms. The minimum Gasteiger partial charge on any atom is -0.486 e. The number of amides is 2. The molecule has 0 aliphatic heterocycles. The summed E-state index contributed by atoms with van der Waals surface area (Å²) in [5, 5.41) is 14.1. The number of rotatable bonds is 8. The van der Waals surface area contributed by atoms with E-state index in [0.717, 1.165) is 17.8 Å². The normalized spacial score (nSPS) is 11.6. The summed E-state index contributed by atoms with van der Waals surface area (Å²) in [6.07, 6.45) is 0.846. The summed E-state index contributed by atoms with van der Waals surface area (Å²) in [5.74, 6) is -0.411. The summed E-state index contributed by atoms with van der Waals surface area (Å²) in [7, 11) is 0. The predicted octanol–water partition coefficient (Wildman–Crippen LogP) is 4.04. The number of nitrogens with one attached hydrogen (secondary N) is 2. The molecule has 0 fully saturated rings. The van der Waals surface area contributed by atoms with Crippen LogP contribution in [0.4, 0.5) is 10.1 Å². The molecule has 3 rings (SSSR count). The highest BCUT2D eigenvalue weighted by atomic mass is 32.1. The zero-order chi connectivity index (χ0) is 21.5. The third kappa shape index (κ3) is 5.84. The van der Waals surface area contributed by atoms with Crippen LogP contribution in [0.5, 0.6) is 5.75 Å². The Kier molecular flexibility index (Phi) is 7.08. The van der Waals surface area contributed by atoms with E-state index in [1.165, 1.54) is 24.3 Å². The van der Waals surface area contributed by atoms with Crippen LogP contribution in [0, 0.1) is 5.82 Å². The second kappa shape index (κ2) is 9.93. The van der Waals surface area contributed by atoms with Crippen molar-refractivity contribution in [3.63, 3.8) is 0 Å². The molecule has 7 nitrogen and oxygen atoms in total. The lowest BCUT2D eigenvalue weighted by atomic mass is 10.1. The van der Waals surface area contributed by atoms with Crippen LogP contribution in [-0.2, 0) is 6.61 Å². The van der Waals surface area contributed by atoms with E-state index in [2.05, 4.69) is 20.8 Å². The summed E-state index contributed by atoms with van der Waals surface area (Å²) in [4.78, 5) is 24.5. The van der Waals surface area contributed by atoms with Crippen molar-refractivity contribution in [1.82, 2.24) is 15.5 Å². The molecule has 1 atom stereocenters. The summed E-state index contributed by atoms with van der Waals surface area (Å²) in [6.45, 7) is 4.06. The summed E-state index contributed by atoms with van der Waals surface area (Å²) < 4.78 is 18.4. The molecule has 3 aromatic rings. The zero-order valence-corrected chi connectivity index (χ0v) is 17.3. The van der Waals surface area contributed by atoms with Crippen molar-refractivity contribution in [2.45, 2.75) is 32.9 Å². The van der Waals surface area contributed by atoms with Crippen molar-refractivity contribution in [2.75, 3.05) is 5.32 Å². The zero-order valence-electron chi connectivity index (χ0n) is 16.5. The number of carbonyl (C=O) groups is 2. The van der Waals surface area contributed by atoms with E-state index in [1.54, 1.807) is 24.3 Å². The fourth-order valence-corrected chi connectivity index (χ4v) is 3.03. The van der Waals surface area contributed by atoms with E-state index in [0.29, 0.717) is 22.0 Å². The van der Waals surface area contributed by atoms with Crippen LogP contribution in [0.25, 0.3) is 0 Å². The molecule has 2 N–H and O–H groups in total. The first-order valence-electron chi connectivity index (χ1n) is 9.37. The van der Waals surface area contributed by atoms with E-state index >= 15 is 0 Å². The first kappa shape index (κ1) is 21.4. The fraction of sp³-hybridized carbons (Fsp3) is 0.238. The first-order valence-corrected chi connectivity index (χ1v) is 10.2. The first-order chi connectivity index (χ1) is 14.4.